The Morgan fingerprint density at radius 3 is 2.55 bits per heavy atom. The van der Waals surface area contributed by atoms with Crippen LogP contribution in [-0.2, 0) is 0 Å². The van der Waals surface area contributed by atoms with Gasteiger partial charge in [-0.1, -0.05) is 11.6 Å². The van der Waals surface area contributed by atoms with Crippen LogP contribution in [0, 0.1) is 12.7 Å². The van der Waals surface area contributed by atoms with E-state index in [2.05, 4.69) is 0 Å². The van der Waals surface area contributed by atoms with Gasteiger partial charge in [0.1, 0.15) is 5.82 Å². The zero-order valence-corrected chi connectivity index (χ0v) is 12.5. The number of benzene rings is 2. The Bertz CT molecular complexity index is 752. The van der Waals surface area contributed by atoms with Crippen molar-refractivity contribution in [3.8, 4) is 0 Å². The number of amides is 1. The molecule has 0 fully saturated rings. The Hall–Kier alpha value is -2.49. The molecule has 1 amide bonds. The van der Waals surface area contributed by atoms with Gasteiger partial charge in [-0.15, -0.1) is 0 Å². The number of halogens is 1. The van der Waals surface area contributed by atoms with Crippen LogP contribution in [0.1, 0.15) is 39.6 Å². The van der Waals surface area contributed by atoms with Crippen molar-refractivity contribution in [1.29, 1.82) is 0 Å². The van der Waals surface area contributed by atoms with Crippen molar-refractivity contribution in [3.63, 3.8) is 0 Å². The molecule has 0 saturated heterocycles. The molecular formula is C18H16FNO2. The minimum Gasteiger partial charge on any atom is -0.304 e. The lowest BCUT2D eigenvalue weighted by Gasteiger charge is -2.34. The van der Waals surface area contributed by atoms with Crippen molar-refractivity contribution in [2.75, 3.05) is 4.90 Å². The second kappa shape index (κ2) is 5.37. The maximum Gasteiger partial charge on any atom is 0.258 e. The molecule has 2 aromatic carbocycles. The first-order chi connectivity index (χ1) is 10.5. The molecule has 0 aromatic heterocycles. The van der Waals surface area contributed by atoms with E-state index in [0.717, 1.165) is 5.56 Å². The quantitative estimate of drug-likeness (QED) is 0.803. The van der Waals surface area contributed by atoms with Gasteiger partial charge in [0.25, 0.3) is 5.91 Å². The predicted octanol–water partition coefficient (Wildman–Crippen LogP) is 3.76. The van der Waals surface area contributed by atoms with Gasteiger partial charge in [-0.2, -0.15) is 0 Å². The van der Waals surface area contributed by atoms with Crippen molar-refractivity contribution in [1.82, 2.24) is 0 Å². The fourth-order valence-corrected chi connectivity index (χ4v) is 2.83. The lowest BCUT2D eigenvalue weighted by molar-refractivity contribution is 0.0936. The molecule has 0 bridgehead atoms. The fraction of sp³-hybridized carbons (Fsp3) is 0.222. The average molecular weight is 297 g/mol. The van der Waals surface area contributed by atoms with E-state index in [0.29, 0.717) is 23.2 Å². The van der Waals surface area contributed by atoms with Gasteiger partial charge in [0, 0.05) is 23.6 Å². The third-order valence-electron chi connectivity index (χ3n) is 3.94. The van der Waals surface area contributed by atoms with Crippen LogP contribution in [0.25, 0.3) is 0 Å². The van der Waals surface area contributed by atoms with Crippen LogP contribution in [0.3, 0.4) is 0 Å². The number of fused-ring (bicyclic) bond motifs is 1. The summed E-state index contributed by atoms with van der Waals surface area (Å²) in [5.74, 6) is -0.547. The summed E-state index contributed by atoms with van der Waals surface area (Å²) in [5, 5.41) is 0. The third kappa shape index (κ3) is 2.41. The molecule has 0 N–H and O–H groups in total. The first-order valence-corrected chi connectivity index (χ1v) is 7.20. The van der Waals surface area contributed by atoms with Gasteiger partial charge in [0.2, 0.25) is 0 Å². The van der Waals surface area contributed by atoms with Gasteiger partial charge in [-0.05, 0) is 50.2 Å². The van der Waals surface area contributed by atoms with Crippen LogP contribution in [-0.4, -0.2) is 17.7 Å². The predicted molar refractivity (Wildman–Crippen MR) is 82.8 cm³/mol. The Morgan fingerprint density at radius 1 is 1.18 bits per heavy atom. The molecule has 1 atom stereocenters. The molecule has 2 aromatic rings. The summed E-state index contributed by atoms with van der Waals surface area (Å²) >= 11 is 0. The number of Topliss-reactive ketones (excluding diaryl/α,β-unsaturated/α-hetero) is 1. The first kappa shape index (κ1) is 14.4. The van der Waals surface area contributed by atoms with E-state index in [-0.39, 0.29) is 23.5 Å². The van der Waals surface area contributed by atoms with Crippen LogP contribution in [0.5, 0.6) is 0 Å². The summed E-state index contributed by atoms with van der Waals surface area (Å²) in [7, 11) is 0. The van der Waals surface area contributed by atoms with Crippen LogP contribution in [0.15, 0.2) is 42.5 Å². The molecule has 3 rings (SSSR count). The Morgan fingerprint density at radius 2 is 1.86 bits per heavy atom. The van der Waals surface area contributed by atoms with Gasteiger partial charge in [-0.3, -0.25) is 9.59 Å². The molecule has 3 nitrogen and oxygen atoms in total. The number of ketones is 1. The molecule has 4 heteroatoms. The number of aryl methyl sites for hydroxylation is 1. The monoisotopic (exact) mass is 297 g/mol. The molecule has 0 saturated carbocycles. The number of anilines is 1. The van der Waals surface area contributed by atoms with Crippen molar-refractivity contribution in [3.05, 3.63) is 65.0 Å². The smallest absolute Gasteiger partial charge is 0.258 e. The molecule has 1 aliphatic rings. The molecular weight excluding hydrogens is 281 g/mol. The second-order valence-corrected chi connectivity index (χ2v) is 5.68. The Labute approximate surface area is 128 Å². The highest BCUT2D eigenvalue weighted by Gasteiger charge is 2.33. The molecule has 22 heavy (non-hydrogen) atoms. The molecule has 1 heterocycles. The maximum absolute atomic E-state index is 13.0. The fourth-order valence-electron chi connectivity index (χ4n) is 2.83. The molecule has 1 aliphatic heterocycles. The number of rotatable bonds is 1. The maximum atomic E-state index is 13.0. The summed E-state index contributed by atoms with van der Waals surface area (Å²) in [6, 6.07) is 10.7. The van der Waals surface area contributed by atoms with Crippen molar-refractivity contribution in [2.24, 2.45) is 0 Å². The number of hydrogen-bond acceptors (Lipinski definition) is 2. The lowest BCUT2D eigenvalue weighted by atomic mass is 9.93. The van der Waals surface area contributed by atoms with Crippen LogP contribution >= 0.6 is 0 Å². The zero-order valence-electron chi connectivity index (χ0n) is 12.5. The highest BCUT2D eigenvalue weighted by molar-refractivity contribution is 6.14. The van der Waals surface area contributed by atoms with Crippen molar-refractivity contribution < 1.29 is 14.0 Å². The number of hydrogen-bond donors (Lipinski definition) is 0. The number of carbonyl (C=O) groups excluding carboxylic acids is 2. The number of carbonyl (C=O) groups is 2. The standard InChI is InChI=1S/C18H16FNO2/c1-11-3-8-16-15(9-11)17(21)10-12(2)20(16)18(22)13-4-6-14(19)7-5-13/h3-9,12H,10H2,1-2H3/t12-/m0/s1. The second-order valence-electron chi connectivity index (χ2n) is 5.68. The van der Waals surface area contributed by atoms with Gasteiger partial charge >= 0.3 is 0 Å². The SMILES string of the molecule is Cc1ccc2c(c1)C(=O)C[C@H](C)N2C(=O)c1ccc(F)cc1. The van der Waals surface area contributed by atoms with Crippen LogP contribution in [0.4, 0.5) is 10.1 Å². The summed E-state index contributed by atoms with van der Waals surface area (Å²) in [5.41, 5.74) is 2.60. The first-order valence-electron chi connectivity index (χ1n) is 7.20. The Balaban J connectivity index is 2.06. The Kier molecular flexibility index (Phi) is 3.53. The number of nitrogens with zero attached hydrogens (tertiary/aromatic N) is 1. The molecule has 112 valence electrons. The van der Waals surface area contributed by atoms with Gasteiger partial charge in [0.05, 0.1) is 5.69 Å². The van der Waals surface area contributed by atoms with E-state index in [4.69, 9.17) is 0 Å². The van der Waals surface area contributed by atoms with Gasteiger partial charge in [-0.25, -0.2) is 4.39 Å². The molecule has 0 radical (unpaired) electrons. The zero-order chi connectivity index (χ0) is 15.9. The summed E-state index contributed by atoms with van der Waals surface area (Å²) < 4.78 is 13.0. The van der Waals surface area contributed by atoms with Gasteiger partial charge in [0.15, 0.2) is 5.78 Å². The largest absolute Gasteiger partial charge is 0.304 e. The van der Waals surface area contributed by atoms with E-state index in [1.165, 1.54) is 24.3 Å². The molecule has 0 unspecified atom stereocenters. The van der Waals surface area contributed by atoms with Gasteiger partial charge < -0.3 is 4.90 Å². The summed E-state index contributed by atoms with van der Waals surface area (Å²) in [4.78, 5) is 26.6. The van der Waals surface area contributed by atoms with Crippen molar-refractivity contribution >= 4 is 17.4 Å². The topological polar surface area (TPSA) is 37.4 Å². The van der Waals surface area contributed by atoms with E-state index in [1.807, 2.05) is 26.0 Å². The average Bonchev–Trinajstić information content (AvgIpc) is 2.48. The summed E-state index contributed by atoms with van der Waals surface area (Å²) in [6.07, 6.45) is 0.295. The van der Waals surface area contributed by atoms with E-state index >= 15 is 0 Å². The highest BCUT2D eigenvalue weighted by Crippen LogP contribution is 2.32. The van der Waals surface area contributed by atoms with E-state index in [9.17, 15) is 14.0 Å². The van der Waals surface area contributed by atoms with Crippen LogP contribution in [0.2, 0.25) is 0 Å². The molecule has 0 aliphatic carbocycles. The highest BCUT2D eigenvalue weighted by atomic mass is 19.1. The minimum atomic E-state index is -0.380. The minimum absolute atomic E-state index is 0.0503. The van der Waals surface area contributed by atoms with E-state index in [1.54, 1.807) is 11.0 Å². The molecule has 0 spiro atoms. The lowest BCUT2D eigenvalue weighted by Crippen LogP contribution is -2.44. The van der Waals surface area contributed by atoms with Crippen molar-refractivity contribution in [2.45, 2.75) is 26.3 Å². The van der Waals surface area contributed by atoms with E-state index < -0.39 is 0 Å². The van der Waals surface area contributed by atoms with Crippen LogP contribution < -0.4 is 4.90 Å². The third-order valence-corrected chi connectivity index (χ3v) is 3.94. The normalized spacial score (nSPS) is 17.3. The summed E-state index contributed by atoms with van der Waals surface area (Å²) in [6.45, 7) is 3.76.